The minimum absolute atomic E-state index is 0.205. The number of fused-ring (bicyclic) bond motifs is 1. The van der Waals surface area contributed by atoms with Crippen LogP contribution in [0.15, 0.2) is 18.2 Å². The number of nitrogens with two attached hydrogens (primary N) is 1. The summed E-state index contributed by atoms with van der Waals surface area (Å²) in [4.78, 5) is 7.97. The lowest BCUT2D eigenvalue weighted by atomic mass is 10.1. The first kappa shape index (κ1) is 11.4. The largest absolute Gasteiger partial charge is 0.342 e. The Morgan fingerprint density at radius 3 is 3.06 bits per heavy atom. The van der Waals surface area contributed by atoms with Crippen molar-refractivity contribution in [3.05, 3.63) is 41.0 Å². The van der Waals surface area contributed by atoms with Crippen LogP contribution in [-0.4, -0.2) is 9.97 Å². The molecule has 94 valence electrons. The summed E-state index contributed by atoms with van der Waals surface area (Å²) >= 11 is 0. The first-order valence-corrected chi connectivity index (χ1v) is 6.26. The van der Waals surface area contributed by atoms with Crippen LogP contribution >= 0.6 is 0 Å². The fraction of sp³-hybridized carbons (Fsp3) is 0.357. The van der Waals surface area contributed by atoms with Crippen molar-refractivity contribution in [1.82, 2.24) is 9.97 Å². The van der Waals surface area contributed by atoms with E-state index in [1.807, 2.05) is 0 Å². The number of rotatable bonds is 2. The van der Waals surface area contributed by atoms with Crippen molar-refractivity contribution >= 4 is 0 Å². The van der Waals surface area contributed by atoms with Crippen LogP contribution in [0, 0.1) is 5.82 Å². The van der Waals surface area contributed by atoms with E-state index in [9.17, 15) is 4.39 Å². The van der Waals surface area contributed by atoms with Gasteiger partial charge in [0.1, 0.15) is 11.6 Å². The average Bonchev–Trinajstić information content (AvgIpc) is 2.93. The lowest BCUT2D eigenvalue weighted by Gasteiger charge is -2.03. The van der Waals surface area contributed by atoms with E-state index in [0.29, 0.717) is 11.5 Å². The fourth-order valence-electron chi connectivity index (χ4n) is 2.53. The summed E-state index contributed by atoms with van der Waals surface area (Å²) in [7, 11) is 0. The van der Waals surface area contributed by atoms with Gasteiger partial charge in [0.2, 0.25) is 0 Å². The van der Waals surface area contributed by atoms with Gasteiger partial charge in [-0.05, 0) is 31.0 Å². The van der Waals surface area contributed by atoms with Gasteiger partial charge >= 0.3 is 0 Å². The van der Waals surface area contributed by atoms with Crippen LogP contribution in [-0.2, 0) is 13.0 Å². The molecule has 4 heteroatoms. The van der Waals surface area contributed by atoms with Crippen LogP contribution in [0.1, 0.15) is 36.2 Å². The molecule has 0 bridgehead atoms. The van der Waals surface area contributed by atoms with E-state index in [1.165, 1.54) is 11.8 Å². The maximum Gasteiger partial charge on any atom is 0.137 e. The number of hydrogen-bond donors (Lipinski definition) is 2. The molecule has 3 N–H and O–H groups in total. The number of halogens is 1. The third-order valence-corrected chi connectivity index (χ3v) is 3.64. The van der Waals surface area contributed by atoms with Crippen LogP contribution in [0.2, 0.25) is 0 Å². The van der Waals surface area contributed by atoms with Gasteiger partial charge in [0, 0.05) is 29.3 Å². The minimum Gasteiger partial charge on any atom is -0.342 e. The molecule has 0 radical (unpaired) electrons. The summed E-state index contributed by atoms with van der Waals surface area (Å²) in [6.07, 6.45) is 2.21. The molecule has 1 atom stereocenters. The van der Waals surface area contributed by atoms with Gasteiger partial charge in [-0.2, -0.15) is 0 Å². The zero-order chi connectivity index (χ0) is 12.7. The molecule has 1 aromatic carbocycles. The van der Waals surface area contributed by atoms with Gasteiger partial charge in [-0.3, -0.25) is 0 Å². The average molecular weight is 245 g/mol. The molecule has 0 aliphatic heterocycles. The predicted molar refractivity (Wildman–Crippen MR) is 68.6 cm³/mol. The normalized spacial score (nSPS) is 18.1. The van der Waals surface area contributed by atoms with Gasteiger partial charge in [-0.15, -0.1) is 0 Å². The molecule has 2 aromatic rings. The monoisotopic (exact) mass is 245 g/mol. The van der Waals surface area contributed by atoms with Crippen LogP contribution in [0.3, 0.4) is 0 Å². The highest BCUT2D eigenvalue weighted by Crippen LogP contribution is 2.33. The predicted octanol–water partition coefficient (Wildman–Crippen LogP) is 2.72. The molecule has 18 heavy (non-hydrogen) atoms. The van der Waals surface area contributed by atoms with Crippen molar-refractivity contribution in [2.75, 3.05) is 0 Å². The Morgan fingerprint density at radius 2 is 2.33 bits per heavy atom. The molecule has 1 aliphatic carbocycles. The van der Waals surface area contributed by atoms with Crippen molar-refractivity contribution in [3.63, 3.8) is 0 Å². The highest BCUT2D eigenvalue weighted by molar-refractivity contribution is 5.58. The molecule has 1 aliphatic rings. The standard InChI is InChI=1S/C14H16FN3/c1-8-2-5-12-13(8)18-14(17-12)9-3-4-11(15)10(6-9)7-16/h3-4,6,8H,2,5,7,16H2,1H3,(H,17,18). The molecule has 1 aromatic heterocycles. The molecular formula is C14H16FN3. The molecule has 3 rings (SSSR count). The topological polar surface area (TPSA) is 54.7 Å². The van der Waals surface area contributed by atoms with Crippen molar-refractivity contribution < 1.29 is 4.39 Å². The van der Waals surface area contributed by atoms with Crippen molar-refractivity contribution in [1.29, 1.82) is 0 Å². The minimum atomic E-state index is -0.256. The molecule has 0 saturated carbocycles. The van der Waals surface area contributed by atoms with Crippen molar-refractivity contribution in [2.45, 2.75) is 32.2 Å². The van der Waals surface area contributed by atoms with Gasteiger partial charge < -0.3 is 10.7 Å². The summed E-state index contributed by atoms with van der Waals surface area (Å²) in [6, 6.07) is 4.97. The molecule has 3 nitrogen and oxygen atoms in total. The van der Waals surface area contributed by atoms with Gasteiger partial charge in [0.25, 0.3) is 0 Å². The smallest absolute Gasteiger partial charge is 0.137 e. The number of nitrogens with one attached hydrogen (secondary N) is 1. The van der Waals surface area contributed by atoms with Gasteiger partial charge in [-0.25, -0.2) is 9.37 Å². The molecule has 0 saturated heterocycles. The molecular weight excluding hydrogens is 229 g/mol. The lowest BCUT2D eigenvalue weighted by molar-refractivity contribution is 0.611. The number of nitrogens with zero attached hydrogens (tertiary/aromatic N) is 1. The molecule has 1 unspecified atom stereocenters. The maximum absolute atomic E-state index is 13.4. The fourth-order valence-corrected chi connectivity index (χ4v) is 2.53. The Balaban J connectivity index is 2.03. The number of aromatic nitrogens is 2. The van der Waals surface area contributed by atoms with E-state index >= 15 is 0 Å². The Morgan fingerprint density at radius 1 is 1.50 bits per heavy atom. The van der Waals surface area contributed by atoms with Crippen LogP contribution in [0.5, 0.6) is 0 Å². The molecule has 0 spiro atoms. The molecule has 0 amide bonds. The number of benzene rings is 1. The van der Waals surface area contributed by atoms with E-state index in [2.05, 4.69) is 16.9 Å². The summed E-state index contributed by atoms with van der Waals surface area (Å²) in [5.74, 6) is 1.08. The van der Waals surface area contributed by atoms with E-state index in [4.69, 9.17) is 5.73 Å². The van der Waals surface area contributed by atoms with E-state index < -0.39 is 0 Å². The highest BCUT2D eigenvalue weighted by Gasteiger charge is 2.23. The van der Waals surface area contributed by atoms with Gasteiger partial charge in [-0.1, -0.05) is 6.92 Å². The van der Waals surface area contributed by atoms with Crippen LogP contribution < -0.4 is 5.73 Å². The molecule has 0 fully saturated rings. The number of H-pyrrole nitrogens is 1. The quantitative estimate of drug-likeness (QED) is 0.854. The highest BCUT2D eigenvalue weighted by atomic mass is 19.1. The SMILES string of the molecule is CC1CCc2[nH]c(-c3ccc(F)c(CN)c3)nc21. The first-order valence-electron chi connectivity index (χ1n) is 6.26. The second-order valence-electron chi connectivity index (χ2n) is 4.90. The number of aromatic amines is 1. The maximum atomic E-state index is 13.4. The number of aryl methyl sites for hydroxylation is 1. The zero-order valence-corrected chi connectivity index (χ0v) is 10.3. The van der Waals surface area contributed by atoms with Crippen LogP contribution in [0.25, 0.3) is 11.4 Å². The Bertz CT molecular complexity index is 589. The zero-order valence-electron chi connectivity index (χ0n) is 10.3. The van der Waals surface area contributed by atoms with E-state index in [0.717, 1.165) is 29.9 Å². The first-order chi connectivity index (χ1) is 8.69. The molecule has 1 heterocycles. The van der Waals surface area contributed by atoms with Crippen LogP contribution in [0.4, 0.5) is 4.39 Å². The number of hydrogen-bond acceptors (Lipinski definition) is 2. The summed E-state index contributed by atoms with van der Waals surface area (Å²) in [5, 5.41) is 0. The van der Waals surface area contributed by atoms with Gasteiger partial charge in [0.15, 0.2) is 0 Å². The van der Waals surface area contributed by atoms with E-state index in [1.54, 1.807) is 12.1 Å². The third-order valence-electron chi connectivity index (χ3n) is 3.64. The second-order valence-corrected chi connectivity index (χ2v) is 4.90. The Hall–Kier alpha value is -1.68. The van der Waals surface area contributed by atoms with Gasteiger partial charge in [0.05, 0.1) is 5.69 Å². The number of imidazole rings is 1. The summed E-state index contributed by atoms with van der Waals surface area (Å²) in [6.45, 7) is 2.39. The van der Waals surface area contributed by atoms with E-state index in [-0.39, 0.29) is 12.4 Å². The second kappa shape index (κ2) is 4.21. The summed E-state index contributed by atoms with van der Waals surface area (Å²) < 4.78 is 13.4. The van der Waals surface area contributed by atoms with Crippen molar-refractivity contribution in [2.24, 2.45) is 5.73 Å². The Labute approximate surface area is 105 Å². The Kier molecular flexibility index (Phi) is 2.67. The summed E-state index contributed by atoms with van der Waals surface area (Å²) in [5.41, 5.74) is 9.32. The lowest BCUT2D eigenvalue weighted by Crippen LogP contribution is -2.00. The van der Waals surface area contributed by atoms with Crippen molar-refractivity contribution in [3.8, 4) is 11.4 Å². The third kappa shape index (κ3) is 1.73.